The minimum atomic E-state index is -0.426. The van der Waals surface area contributed by atoms with Gasteiger partial charge >= 0.3 is 5.97 Å². The molecule has 1 aromatic carbocycles. The summed E-state index contributed by atoms with van der Waals surface area (Å²) < 4.78 is 9.99. The Labute approximate surface area is 122 Å². The van der Waals surface area contributed by atoms with Gasteiger partial charge in [0.05, 0.1) is 25.1 Å². The number of nitro groups is 1. The maximum atomic E-state index is 11.5. The number of benzene rings is 1. The number of methoxy groups -OCH3 is 2. The minimum Gasteiger partial charge on any atom is -0.496 e. The number of carbonyl (C=O) groups excluding carboxylic acids is 1. The Bertz CT molecular complexity index is 546. The van der Waals surface area contributed by atoms with E-state index in [0.29, 0.717) is 18.8 Å². The van der Waals surface area contributed by atoms with Gasteiger partial charge in [-0.3, -0.25) is 19.8 Å². The molecule has 0 spiro atoms. The van der Waals surface area contributed by atoms with Crippen molar-refractivity contribution in [3.8, 4) is 5.75 Å². The lowest BCUT2D eigenvalue weighted by molar-refractivity contribution is -0.385. The fraction of sp³-hybridized carbons (Fsp3) is 0.500. The molecule has 1 fully saturated rings. The second-order valence-electron chi connectivity index (χ2n) is 5.00. The standard InChI is InChI=1S/C14H18N2O5/c1-20-13-4-3-12(16(18)19)7-11(13)9-15-6-5-10(8-15)14(17)21-2/h3-4,7,10H,5-6,8-9H2,1-2H3. The van der Waals surface area contributed by atoms with Crippen molar-refractivity contribution in [2.45, 2.75) is 13.0 Å². The third-order valence-electron chi connectivity index (χ3n) is 3.68. The summed E-state index contributed by atoms with van der Waals surface area (Å²) in [6.07, 6.45) is 0.740. The van der Waals surface area contributed by atoms with E-state index in [2.05, 4.69) is 4.90 Å². The van der Waals surface area contributed by atoms with Gasteiger partial charge in [0.1, 0.15) is 5.75 Å². The van der Waals surface area contributed by atoms with Gasteiger partial charge in [0, 0.05) is 30.8 Å². The zero-order chi connectivity index (χ0) is 15.4. The van der Waals surface area contributed by atoms with Crippen LogP contribution in [-0.2, 0) is 16.1 Å². The molecule has 2 rings (SSSR count). The van der Waals surface area contributed by atoms with E-state index in [1.807, 2.05) is 0 Å². The maximum Gasteiger partial charge on any atom is 0.310 e. The van der Waals surface area contributed by atoms with Crippen LogP contribution in [0.25, 0.3) is 0 Å². The summed E-state index contributed by atoms with van der Waals surface area (Å²) in [7, 11) is 2.92. The first-order chi connectivity index (χ1) is 10.0. The van der Waals surface area contributed by atoms with Crippen molar-refractivity contribution >= 4 is 11.7 Å². The van der Waals surface area contributed by atoms with Crippen molar-refractivity contribution in [3.63, 3.8) is 0 Å². The van der Waals surface area contributed by atoms with Crippen LogP contribution in [0.3, 0.4) is 0 Å². The van der Waals surface area contributed by atoms with Crippen LogP contribution >= 0.6 is 0 Å². The van der Waals surface area contributed by atoms with Crippen LogP contribution in [0.15, 0.2) is 18.2 Å². The number of rotatable bonds is 5. The lowest BCUT2D eigenvalue weighted by Crippen LogP contribution is -2.23. The zero-order valence-electron chi connectivity index (χ0n) is 12.1. The molecule has 1 unspecified atom stereocenters. The van der Waals surface area contributed by atoms with Crippen LogP contribution in [0, 0.1) is 16.0 Å². The molecule has 1 atom stereocenters. The van der Waals surface area contributed by atoms with Gasteiger partial charge in [-0.15, -0.1) is 0 Å². The van der Waals surface area contributed by atoms with E-state index >= 15 is 0 Å². The van der Waals surface area contributed by atoms with Gasteiger partial charge in [0.2, 0.25) is 0 Å². The lowest BCUT2D eigenvalue weighted by Gasteiger charge is -2.17. The molecule has 1 aliphatic rings. The summed E-state index contributed by atoms with van der Waals surface area (Å²) in [4.78, 5) is 24.0. The molecular formula is C14H18N2O5. The highest BCUT2D eigenvalue weighted by Crippen LogP contribution is 2.27. The van der Waals surface area contributed by atoms with Crippen molar-refractivity contribution in [1.82, 2.24) is 4.90 Å². The van der Waals surface area contributed by atoms with Gasteiger partial charge in [-0.05, 0) is 19.0 Å². The number of ether oxygens (including phenoxy) is 2. The second-order valence-corrected chi connectivity index (χ2v) is 5.00. The molecule has 1 aromatic rings. The van der Waals surface area contributed by atoms with Crippen LogP contribution in [0.5, 0.6) is 5.75 Å². The van der Waals surface area contributed by atoms with Crippen molar-refractivity contribution in [2.24, 2.45) is 5.92 Å². The Balaban J connectivity index is 2.10. The highest BCUT2D eigenvalue weighted by molar-refractivity contribution is 5.72. The third kappa shape index (κ3) is 3.49. The average Bonchev–Trinajstić information content (AvgIpc) is 2.94. The maximum absolute atomic E-state index is 11.5. The molecule has 0 amide bonds. The summed E-state index contributed by atoms with van der Waals surface area (Å²) in [5.41, 5.74) is 0.784. The number of nitro benzene ring substituents is 1. The topological polar surface area (TPSA) is 81.9 Å². The van der Waals surface area contributed by atoms with E-state index in [9.17, 15) is 14.9 Å². The van der Waals surface area contributed by atoms with Crippen molar-refractivity contribution in [1.29, 1.82) is 0 Å². The number of nitrogens with zero attached hydrogens (tertiary/aromatic N) is 2. The van der Waals surface area contributed by atoms with Gasteiger partial charge in [-0.2, -0.15) is 0 Å². The summed E-state index contributed by atoms with van der Waals surface area (Å²) >= 11 is 0. The van der Waals surface area contributed by atoms with E-state index in [0.717, 1.165) is 18.5 Å². The molecule has 0 radical (unpaired) electrons. The number of esters is 1. The molecule has 21 heavy (non-hydrogen) atoms. The van der Waals surface area contributed by atoms with E-state index in [1.54, 1.807) is 6.07 Å². The number of likely N-dealkylation sites (tertiary alicyclic amines) is 1. The summed E-state index contributed by atoms with van der Waals surface area (Å²) in [6, 6.07) is 4.54. The quantitative estimate of drug-likeness (QED) is 0.466. The third-order valence-corrected chi connectivity index (χ3v) is 3.68. The Morgan fingerprint density at radius 1 is 1.48 bits per heavy atom. The Kier molecular flexibility index (Phi) is 4.74. The predicted octanol–water partition coefficient (Wildman–Crippen LogP) is 1.60. The summed E-state index contributed by atoms with van der Waals surface area (Å²) in [5.74, 6) is 0.283. The van der Waals surface area contributed by atoms with Crippen LogP contribution < -0.4 is 4.74 Å². The minimum absolute atomic E-state index is 0.0366. The molecule has 7 heteroatoms. The number of hydrogen-bond acceptors (Lipinski definition) is 6. The molecule has 0 aliphatic carbocycles. The van der Waals surface area contributed by atoms with E-state index in [4.69, 9.17) is 9.47 Å². The summed E-state index contributed by atoms with van der Waals surface area (Å²) in [5, 5.41) is 10.9. The van der Waals surface area contributed by atoms with Gasteiger partial charge in [0.25, 0.3) is 5.69 Å². The second kappa shape index (κ2) is 6.53. The van der Waals surface area contributed by atoms with E-state index in [-0.39, 0.29) is 17.6 Å². The average molecular weight is 294 g/mol. The van der Waals surface area contributed by atoms with Crippen LogP contribution in [0.2, 0.25) is 0 Å². The molecule has 1 saturated heterocycles. The van der Waals surface area contributed by atoms with Gasteiger partial charge in [0.15, 0.2) is 0 Å². The molecule has 0 saturated carbocycles. The molecule has 7 nitrogen and oxygen atoms in total. The normalized spacial score (nSPS) is 18.5. The fourth-order valence-electron chi connectivity index (χ4n) is 2.58. The molecule has 0 N–H and O–H groups in total. The first-order valence-corrected chi connectivity index (χ1v) is 6.66. The Morgan fingerprint density at radius 2 is 2.24 bits per heavy atom. The number of carbonyl (C=O) groups is 1. The van der Waals surface area contributed by atoms with Crippen molar-refractivity contribution in [2.75, 3.05) is 27.3 Å². The highest BCUT2D eigenvalue weighted by Gasteiger charge is 2.29. The zero-order valence-corrected chi connectivity index (χ0v) is 12.1. The highest BCUT2D eigenvalue weighted by atomic mass is 16.6. The number of non-ortho nitro benzene ring substituents is 1. The Morgan fingerprint density at radius 3 is 2.86 bits per heavy atom. The van der Waals surface area contributed by atoms with E-state index < -0.39 is 4.92 Å². The predicted molar refractivity (Wildman–Crippen MR) is 75.0 cm³/mol. The molecule has 114 valence electrons. The molecule has 1 aliphatic heterocycles. The molecule has 0 bridgehead atoms. The largest absolute Gasteiger partial charge is 0.496 e. The SMILES string of the molecule is COC(=O)C1CCN(Cc2cc([N+](=O)[O-])ccc2OC)C1. The monoisotopic (exact) mass is 294 g/mol. The summed E-state index contributed by atoms with van der Waals surface area (Å²) in [6.45, 7) is 1.86. The van der Waals surface area contributed by atoms with Gasteiger partial charge in [-0.1, -0.05) is 0 Å². The molecular weight excluding hydrogens is 276 g/mol. The van der Waals surface area contributed by atoms with Crippen LogP contribution in [0.4, 0.5) is 5.69 Å². The first-order valence-electron chi connectivity index (χ1n) is 6.66. The van der Waals surface area contributed by atoms with Crippen LogP contribution in [-0.4, -0.2) is 43.1 Å². The smallest absolute Gasteiger partial charge is 0.310 e. The molecule has 0 aromatic heterocycles. The van der Waals surface area contributed by atoms with Crippen molar-refractivity contribution < 1.29 is 19.2 Å². The Hall–Kier alpha value is -2.15. The van der Waals surface area contributed by atoms with Gasteiger partial charge < -0.3 is 9.47 Å². The fourth-order valence-corrected chi connectivity index (χ4v) is 2.58. The van der Waals surface area contributed by atoms with E-state index in [1.165, 1.54) is 26.4 Å². The van der Waals surface area contributed by atoms with Gasteiger partial charge in [-0.25, -0.2) is 0 Å². The van der Waals surface area contributed by atoms with Crippen molar-refractivity contribution in [3.05, 3.63) is 33.9 Å². The van der Waals surface area contributed by atoms with Crippen LogP contribution in [0.1, 0.15) is 12.0 Å². The lowest BCUT2D eigenvalue weighted by atomic mass is 10.1. The molecule has 1 heterocycles. The number of hydrogen-bond donors (Lipinski definition) is 0. The first kappa shape index (κ1) is 15.2.